The van der Waals surface area contributed by atoms with Gasteiger partial charge in [0.15, 0.2) is 5.78 Å². The van der Waals surface area contributed by atoms with Gasteiger partial charge in [0.2, 0.25) is 0 Å². The molecule has 0 aromatic carbocycles. The van der Waals surface area contributed by atoms with Crippen LogP contribution in [0.15, 0.2) is 12.1 Å². The Hall–Kier alpha value is -1.24. The summed E-state index contributed by atoms with van der Waals surface area (Å²) in [5.74, 6) is -0.661. The molecule has 0 fully saturated rings. The minimum Gasteiger partial charge on any atom is -0.466 e. The van der Waals surface area contributed by atoms with Gasteiger partial charge >= 0.3 is 5.97 Å². The smallest absolute Gasteiger partial charge is 0.308 e. The molecule has 5 nitrogen and oxygen atoms in total. The highest BCUT2D eigenvalue weighted by molar-refractivity contribution is 7.14. The lowest BCUT2D eigenvalue weighted by Gasteiger charge is -2.15. The van der Waals surface area contributed by atoms with E-state index in [-0.39, 0.29) is 18.8 Å². The van der Waals surface area contributed by atoms with Crippen LogP contribution in [0.1, 0.15) is 40.9 Å². The van der Waals surface area contributed by atoms with Gasteiger partial charge in [-0.25, -0.2) is 0 Å². The van der Waals surface area contributed by atoms with Crippen LogP contribution in [0.3, 0.4) is 0 Å². The average Bonchev–Trinajstić information content (AvgIpc) is 2.77. The summed E-state index contributed by atoms with van der Waals surface area (Å²) >= 11 is 1.11. The highest BCUT2D eigenvalue weighted by atomic mass is 32.1. The van der Waals surface area contributed by atoms with Gasteiger partial charge in [-0.3, -0.25) is 9.59 Å². The second-order valence-electron chi connectivity index (χ2n) is 3.78. The molecule has 1 rings (SSSR count). The molecule has 2 N–H and O–H groups in total. The normalized spacial score (nSPS) is 14.0. The Bertz CT molecular complexity index is 426. The Morgan fingerprint density at radius 3 is 2.56 bits per heavy atom. The molecule has 1 heterocycles. The summed E-state index contributed by atoms with van der Waals surface area (Å²) in [5.41, 5.74) is 0. The number of rotatable bonds is 6. The summed E-state index contributed by atoms with van der Waals surface area (Å²) in [5, 5.41) is 19.5. The lowest BCUT2D eigenvalue weighted by molar-refractivity contribution is -0.147. The zero-order valence-electron chi connectivity index (χ0n) is 10.3. The molecular weight excluding hydrogens is 256 g/mol. The minimum absolute atomic E-state index is 0.0988. The van der Waals surface area contributed by atoms with E-state index in [4.69, 9.17) is 0 Å². The van der Waals surface area contributed by atoms with E-state index in [1.54, 1.807) is 19.1 Å². The molecule has 0 aliphatic rings. The summed E-state index contributed by atoms with van der Waals surface area (Å²) in [7, 11) is 0. The fourth-order valence-corrected chi connectivity index (χ4v) is 2.34. The van der Waals surface area contributed by atoms with Gasteiger partial charge in [-0.15, -0.1) is 11.3 Å². The summed E-state index contributed by atoms with van der Waals surface area (Å²) in [4.78, 5) is 23.2. The number of esters is 1. The third-order valence-electron chi connectivity index (χ3n) is 2.31. The van der Waals surface area contributed by atoms with Crippen LogP contribution in [0.5, 0.6) is 0 Å². The molecule has 1 aromatic heterocycles. The Kier molecular flexibility index (Phi) is 5.46. The number of carbonyl (C=O) groups is 2. The molecule has 1 aromatic rings. The van der Waals surface area contributed by atoms with E-state index in [1.165, 1.54) is 6.92 Å². The highest BCUT2D eigenvalue weighted by Gasteiger charge is 2.23. The maximum atomic E-state index is 11.2. The molecule has 100 valence electrons. The van der Waals surface area contributed by atoms with Crippen LogP contribution in [-0.2, 0) is 9.53 Å². The highest BCUT2D eigenvalue weighted by Crippen LogP contribution is 2.27. The molecule has 0 radical (unpaired) electrons. The molecule has 0 amide bonds. The molecule has 6 heteroatoms. The van der Waals surface area contributed by atoms with E-state index < -0.39 is 18.2 Å². The maximum Gasteiger partial charge on any atom is 0.308 e. The van der Waals surface area contributed by atoms with Crippen molar-refractivity contribution in [1.82, 2.24) is 0 Å². The Balaban J connectivity index is 2.64. The third kappa shape index (κ3) is 3.90. The van der Waals surface area contributed by atoms with Gasteiger partial charge in [0.05, 0.1) is 24.0 Å². The minimum atomic E-state index is -1.23. The molecule has 0 saturated heterocycles. The van der Waals surface area contributed by atoms with Crippen molar-refractivity contribution < 1.29 is 24.5 Å². The first-order chi connectivity index (χ1) is 8.45. The Labute approximate surface area is 109 Å². The number of carbonyl (C=O) groups excluding carboxylic acids is 2. The van der Waals surface area contributed by atoms with E-state index in [0.717, 1.165) is 11.3 Å². The predicted octanol–water partition coefficient (Wildman–Crippen LogP) is 1.30. The molecule has 0 saturated carbocycles. The number of Topliss-reactive ketones (excluding diaryl/α,β-unsaturated/α-hetero) is 1. The molecule has 0 aliphatic carbocycles. The van der Waals surface area contributed by atoms with Crippen molar-refractivity contribution in [3.8, 4) is 0 Å². The van der Waals surface area contributed by atoms with Crippen LogP contribution in [0.25, 0.3) is 0 Å². The van der Waals surface area contributed by atoms with E-state index in [0.29, 0.717) is 9.75 Å². The zero-order valence-corrected chi connectivity index (χ0v) is 11.1. The SMILES string of the molecule is CCOC(=O)CC(O)C(O)c1ccc(C(C)=O)s1. The first-order valence-electron chi connectivity index (χ1n) is 5.58. The largest absolute Gasteiger partial charge is 0.466 e. The fraction of sp³-hybridized carbons (Fsp3) is 0.500. The second kappa shape index (κ2) is 6.63. The predicted molar refractivity (Wildman–Crippen MR) is 66.5 cm³/mol. The van der Waals surface area contributed by atoms with Gasteiger partial charge < -0.3 is 14.9 Å². The van der Waals surface area contributed by atoms with Gasteiger partial charge in [0, 0.05) is 4.88 Å². The average molecular weight is 272 g/mol. The topological polar surface area (TPSA) is 83.8 Å². The fourth-order valence-electron chi connectivity index (χ4n) is 1.39. The summed E-state index contributed by atoms with van der Waals surface area (Å²) in [6.45, 7) is 3.32. The van der Waals surface area contributed by atoms with Crippen molar-refractivity contribution in [2.24, 2.45) is 0 Å². The Morgan fingerprint density at radius 2 is 2.06 bits per heavy atom. The van der Waals surface area contributed by atoms with Crippen molar-refractivity contribution in [2.45, 2.75) is 32.5 Å². The lowest BCUT2D eigenvalue weighted by atomic mass is 10.1. The van der Waals surface area contributed by atoms with Crippen molar-refractivity contribution in [1.29, 1.82) is 0 Å². The van der Waals surface area contributed by atoms with Crippen LogP contribution in [0.4, 0.5) is 0 Å². The van der Waals surface area contributed by atoms with Crippen LogP contribution in [0, 0.1) is 0 Å². The number of ketones is 1. The van der Waals surface area contributed by atoms with Gasteiger partial charge in [-0.2, -0.15) is 0 Å². The van der Waals surface area contributed by atoms with Crippen LogP contribution in [-0.4, -0.2) is 34.7 Å². The van der Waals surface area contributed by atoms with E-state index in [9.17, 15) is 19.8 Å². The number of hydrogen-bond donors (Lipinski definition) is 2. The number of aliphatic hydroxyl groups excluding tert-OH is 2. The second-order valence-corrected chi connectivity index (χ2v) is 4.89. The number of ether oxygens (including phenoxy) is 1. The van der Waals surface area contributed by atoms with Crippen LogP contribution in [0.2, 0.25) is 0 Å². The summed E-state index contributed by atoms with van der Waals surface area (Å²) in [6, 6.07) is 3.16. The molecular formula is C12H16O5S. The van der Waals surface area contributed by atoms with Crippen molar-refractivity contribution in [3.05, 3.63) is 21.9 Å². The van der Waals surface area contributed by atoms with Crippen LogP contribution >= 0.6 is 11.3 Å². The van der Waals surface area contributed by atoms with Crippen LogP contribution < -0.4 is 0 Å². The van der Waals surface area contributed by atoms with E-state index in [2.05, 4.69) is 4.74 Å². The molecule has 2 unspecified atom stereocenters. The number of aliphatic hydroxyl groups is 2. The van der Waals surface area contributed by atoms with Gasteiger partial charge in [0.1, 0.15) is 6.10 Å². The van der Waals surface area contributed by atoms with Gasteiger partial charge in [-0.05, 0) is 26.0 Å². The van der Waals surface area contributed by atoms with Crippen molar-refractivity contribution >= 4 is 23.1 Å². The molecule has 0 bridgehead atoms. The van der Waals surface area contributed by atoms with Gasteiger partial charge in [-0.1, -0.05) is 0 Å². The zero-order chi connectivity index (χ0) is 13.7. The van der Waals surface area contributed by atoms with E-state index in [1.807, 2.05) is 0 Å². The monoisotopic (exact) mass is 272 g/mol. The standard InChI is InChI=1S/C12H16O5S/c1-3-17-11(15)6-8(14)12(16)10-5-4-9(18-10)7(2)13/h4-5,8,12,14,16H,3,6H2,1-2H3. The summed E-state index contributed by atoms with van der Waals surface area (Å²) in [6.07, 6.45) is -2.70. The maximum absolute atomic E-state index is 11.2. The number of hydrogen-bond acceptors (Lipinski definition) is 6. The van der Waals surface area contributed by atoms with Crippen molar-refractivity contribution in [2.75, 3.05) is 6.61 Å². The molecule has 2 atom stereocenters. The Morgan fingerprint density at radius 1 is 1.39 bits per heavy atom. The quantitative estimate of drug-likeness (QED) is 0.602. The molecule has 0 aliphatic heterocycles. The number of thiophene rings is 1. The van der Waals surface area contributed by atoms with Crippen molar-refractivity contribution in [3.63, 3.8) is 0 Å². The first-order valence-corrected chi connectivity index (χ1v) is 6.39. The lowest BCUT2D eigenvalue weighted by Crippen LogP contribution is -2.22. The molecule has 0 spiro atoms. The molecule has 18 heavy (non-hydrogen) atoms. The third-order valence-corrected chi connectivity index (χ3v) is 3.57. The first kappa shape index (κ1) is 14.8. The summed E-state index contributed by atoms with van der Waals surface area (Å²) < 4.78 is 4.68. The van der Waals surface area contributed by atoms with Gasteiger partial charge in [0.25, 0.3) is 0 Å². The van der Waals surface area contributed by atoms with E-state index >= 15 is 0 Å².